The number of esters is 1. The lowest BCUT2D eigenvalue weighted by molar-refractivity contribution is -0.137. The molecule has 0 spiro atoms. The highest BCUT2D eigenvalue weighted by molar-refractivity contribution is 6.33. The predicted octanol–water partition coefficient (Wildman–Crippen LogP) is 1.27. The van der Waals surface area contributed by atoms with Gasteiger partial charge in [0.1, 0.15) is 0 Å². The number of aromatic nitrogens is 2. The van der Waals surface area contributed by atoms with Crippen molar-refractivity contribution in [3.05, 3.63) is 28.7 Å². The molecule has 98 valence electrons. The smallest absolute Gasteiger partial charge is 0.332 e. The number of allylic oxidation sites excluding steroid dienone is 1. The fourth-order valence-corrected chi connectivity index (χ4v) is 1.51. The number of carbonyl (C=O) groups is 2. The number of halogens is 1. The third-order valence-electron chi connectivity index (χ3n) is 1.93. The Balaban J connectivity index is 2.70. The number of hydrogen-bond donors (Lipinski definition) is 1. The fraction of sp³-hybridized carbons (Fsp3) is 0.364. The molecule has 1 N–H and O–H groups in total. The van der Waals surface area contributed by atoms with E-state index in [0.717, 1.165) is 0 Å². The third kappa shape index (κ3) is 3.89. The average molecular weight is 272 g/mol. The summed E-state index contributed by atoms with van der Waals surface area (Å²) in [5, 5.41) is 6.66. The molecule has 1 rings (SSSR count). The van der Waals surface area contributed by atoms with Crippen molar-refractivity contribution >= 4 is 23.5 Å². The highest BCUT2D eigenvalue weighted by Crippen LogP contribution is 2.13. The van der Waals surface area contributed by atoms with E-state index in [1.807, 2.05) is 0 Å². The lowest BCUT2D eigenvalue weighted by Gasteiger charge is -2.03. The van der Waals surface area contributed by atoms with Crippen molar-refractivity contribution in [3.63, 3.8) is 0 Å². The summed E-state index contributed by atoms with van der Waals surface area (Å²) in [6.45, 7) is 3.56. The van der Waals surface area contributed by atoms with Crippen molar-refractivity contribution in [2.24, 2.45) is 7.05 Å². The van der Waals surface area contributed by atoms with E-state index in [0.29, 0.717) is 5.70 Å². The van der Waals surface area contributed by atoms with Gasteiger partial charge in [-0.15, -0.1) is 0 Å². The quantitative estimate of drug-likeness (QED) is 0.661. The van der Waals surface area contributed by atoms with Crippen LogP contribution in [0.25, 0.3) is 0 Å². The summed E-state index contributed by atoms with van der Waals surface area (Å²) in [5.41, 5.74) is 0.468. The van der Waals surface area contributed by atoms with E-state index in [1.54, 1.807) is 20.9 Å². The number of hydrogen-bond acceptors (Lipinski definition) is 4. The lowest BCUT2D eigenvalue weighted by atomic mass is 10.3. The Hall–Kier alpha value is -1.82. The molecule has 0 bridgehead atoms. The molecular formula is C11H14ClN3O3. The maximum Gasteiger partial charge on any atom is 0.332 e. The van der Waals surface area contributed by atoms with Crippen LogP contribution in [0.1, 0.15) is 24.3 Å². The van der Waals surface area contributed by atoms with Crippen molar-refractivity contribution in [1.29, 1.82) is 0 Å². The van der Waals surface area contributed by atoms with Crippen molar-refractivity contribution < 1.29 is 14.3 Å². The van der Waals surface area contributed by atoms with E-state index in [2.05, 4.69) is 10.4 Å². The van der Waals surface area contributed by atoms with Crippen LogP contribution in [-0.4, -0.2) is 28.3 Å². The summed E-state index contributed by atoms with van der Waals surface area (Å²) in [4.78, 5) is 22.9. The normalized spacial score (nSPS) is 11.2. The van der Waals surface area contributed by atoms with Gasteiger partial charge in [0.25, 0.3) is 5.91 Å². The first-order chi connectivity index (χ1) is 8.43. The molecular weight excluding hydrogens is 258 g/mol. The molecule has 7 heteroatoms. The van der Waals surface area contributed by atoms with Gasteiger partial charge in [0.2, 0.25) is 0 Å². The second kappa shape index (κ2) is 6.20. The summed E-state index contributed by atoms with van der Waals surface area (Å²) in [6, 6.07) is 0. The Morgan fingerprint density at radius 1 is 1.61 bits per heavy atom. The van der Waals surface area contributed by atoms with Gasteiger partial charge in [0.15, 0.2) is 5.69 Å². The molecule has 0 radical (unpaired) electrons. The van der Waals surface area contributed by atoms with Crippen LogP contribution in [0.5, 0.6) is 0 Å². The first-order valence-electron chi connectivity index (χ1n) is 5.29. The Kier molecular flexibility index (Phi) is 4.91. The van der Waals surface area contributed by atoms with Gasteiger partial charge in [-0.2, -0.15) is 5.10 Å². The van der Waals surface area contributed by atoms with E-state index in [-0.39, 0.29) is 17.3 Å². The van der Waals surface area contributed by atoms with Crippen LogP contribution < -0.4 is 5.32 Å². The third-order valence-corrected chi connectivity index (χ3v) is 2.21. The molecule has 18 heavy (non-hydrogen) atoms. The number of nitrogens with zero attached hydrogens (tertiary/aromatic N) is 2. The molecule has 1 amide bonds. The van der Waals surface area contributed by atoms with Gasteiger partial charge in [-0.1, -0.05) is 11.6 Å². The van der Waals surface area contributed by atoms with E-state index in [4.69, 9.17) is 16.3 Å². The molecule has 1 aromatic rings. The van der Waals surface area contributed by atoms with E-state index < -0.39 is 11.9 Å². The van der Waals surface area contributed by atoms with Crippen molar-refractivity contribution in [2.45, 2.75) is 13.8 Å². The first-order valence-corrected chi connectivity index (χ1v) is 5.67. The van der Waals surface area contributed by atoms with Crippen LogP contribution in [0.2, 0.25) is 5.02 Å². The van der Waals surface area contributed by atoms with Gasteiger partial charge in [0.05, 0.1) is 11.6 Å². The Bertz CT molecular complexity index is 494. The second-order valence-electron chi connectivity index (χ2n) is 3.53. The molecule has 0 fully saturated rings. The van der Waals surface area contributed by atoms with E-state index >= 15 is 0 Å². The van der Waals surface area contributed by atoms with Crippen LogP contribution in [0, 0.1) is 0 Å². The SMILES string of the molecule is CCOC(=O)/C=C(\C)NC(=O)c1nn(C)cc1Cl. The second-order valence-corrected chi connectivity index (χ2v) is 3.94. The van der Waals surface area contributed by atoms with Crippen molar-refractivity contribution in [3.8, 4) is 0 Å². The van der Waals surface area contributed by atoms with Crippen LogP contribution in [0.3, 0.4) is 0 Å². The van der Waals surface area contributed by atoms with Gasteiger partial charge in [0, 0.05) is 25.0 Å². The lowest BCUT2D eigenvalue weighted by Crippen LogP contribution is -2.23. The van der Waals surface area contributed by atoms with Crippen LogP contribution >= 0.6 is 11.6 Å². The number of rotatable bonds is 4. The summed E-state index contributed by atoms with van der Waals surface area (Å²) >= 11 is 5.82. The van der Waals surface area contributed by atoms with Crippen LogP contribution in [-0.2, 0) is 16.6 Å². The van der Waals surface area contributed by atoms with E-state index in [1.165, 1.54) is 17.0 Å². The monoisotopic (exact) mass is 271 g/mol. The summed E-state index contributed by atoms with van der Waals surface area (Å²) in [6.07, 6.45) is 2.71. The highest BCUT2D eigenvalue weighted by Gasteiger charge is 2.14. The standard InChI is InChI=1S/C11H14ClN3O3/c1-4-18-9(16)5-7(2)13-11(17)10-8(12)6-15(3)14-10/h5-6H,4H2,1-3H3,(H,13,17)/b7-5+. The molecule has 0 atom stereocenters. The molecule has 1 aromatic heterocycles. The largest absolute Gasteiger partial charge is 0.463 e. The molecule has 0 aliphatic heterocycles. The molecule has 1 heterocycles. The molecule has 0 unspecified atom stereocenters. The number of aryl methyl sites for hydroxylation is 1. The van der Waals surface area contributed by atoms with Crippen LogP contribution in [0.15, 0.2) is 18.0 Å². The zero-order valence-electron chi connectivity index (χ0n) is 10.4. The number of ether oxygens (including phenoxy) is 1. The zero-order chi connectivity index (χ0) is 13.7. The van der Waals surface area contributed by atoms with Gasteiger partial charge >= 0.3 is 5.97 Å². The topological polar surface area (TPSA) is 73.2 Å². The minimum atomic E-state index is -0.512. The van der Waals surface area contributed by atoms with Crippen molar-refractivity contribution in [1.82, 2.24) is 15.1 Å². The Labute approximate surface area is 110 Å². The summed E-state index contributed by atoms with van der Waals surface area (Å²) in [5.74, 6) is -0.985. The van der Waals surface area contributed by atoms with E-state index in [9.17, 15) is 9.59 Å². The zero-order valence-corrected chi connectivity index (χ0v) is 11.1. The van der Waals surface area contributed by atoms with Gasteiger partial charge < -0.3 is 10.1 Å². The molecule has 0 saturated heterocycles. The maximum absolute atomic E-state index is 11.8. The molecule has 0 aliphatic rings. The van der Waals surface area contributed by atoms with Crippen LogP contribution in [0.4, 0.5) is 0 Å². The molecule has 0 aliphatic carbocycles. The number of nitrogens with one attached hydrogen (secondary N) is 1. The van der Waals surface area contributed by atoms with Gasteiger partial charge in [-0.25, -0.2) is 4.79 Å². The minimum absolute atomic E-state index is 0.107. The highest BCUT2D eigenvalue weighted by atomic mass is 35.5. The maximum atomic E-state index is 11.8. The minimum Gasteiger partial charge on any atom is -0.463 e. The summed E-state index contributed by atoms with van der Waals surface area (Å²) < 4.78 is 6.15. The number of carbonyl (C=O) groups excluding carboxylic acids is 2. The Morgan fingerprint density at radius 2 is 2.28 bits per heavy atom. The fourth-order valence-electron chi connectivity index (χ4n) is 1.25. The van der Waals surface area contributed by atoms with Gasteiger partial charge in [-0.3, -0.25) is 9.48 Å². The molecule has 6 nitrogen and oxygen atoms in total. The Morgan fingerprint density at radius 3 is 2.78 bits per heavy atom. The molecule has 0 aromatic carbocycles. The molecule has 0 saturated carbocycles. The first kappa shape index (κ1) is 14.2. The predicted molar refractivity (Wildman–Crippen MR) is 66.1 cm³/mol. The number of amides is 1. The van der Waals surface area contributed by atoms with Crippen molar-refractivity contribution in [2.75, 3.05) is 6.61 Å². The average Bonchev–Trinajstić information content (AvgIpc) is 2.57. The summed E-state index contributed by atoms with van der Waals surface area (Å²) in [7, 11) is 1.66. The van der Waals surface area contributed by atoms with Gasteiger partial charge in [-0.05, 0) is 13.8 Å².